The summed E-state index contributed by atoms with van der Waals surface area (Å²) >= 11 is 0. The molecule has 2 aromatic rings. The average Bonchev–Trinajstić information content (AvgIpc) is 3.00. The van der Waals surface area contributed by atoms with E-state index >= 15 is 0 Å². The molecule has 3 rings (SSSR count). The maximum atomic E-state index is 10.9. The second-order valence-corrected chi connectivity index (χ2v) is 4.09. The van der Waals surface area contributed by atoms with Crippen molar-refractivity contribution in [3.63, 3.8) is 0 Å². The highest BCUT2D eigenvalue weighted by Crippen LogP contribution is 2.22. The van der Waals surface area contributed by atoms with E-state index in [4.69, 9.17) is 4.52 Å². The first-order valence-corrected chi connectivity index (χ1v) is 5.56. The molecule has 3 heterocycles. The van der Waals surface area contributed by atoms with Crippen LogP contribution in [0.2, 0.25) is 0 Å². The van der Waals surface area contributed by atoms with Crippen LogP contribution in [0.25, 0.3) is 11.5 Å². The number of pyridine rings is 1. The Labute approximate surface area is 97.1 Å². The number of aromatic amines is 1. The Bertz CT molecular complexity index is 548. The number of nitrogens with zero attached hydrogens (tertiary/aromatic N) is 2. The van der Waals surface area contributed by atoms with Crippen LogP contribution in [-0.4, -0.2) is 28.2 Å². The molecule has 0 bridgehead atoms. The van der Waals surface area contributed by atoms with Gasteiger partial charge in [-0.15, -0.1) is 0 Å². The van der Waals surface area contributed by atoms with Crippen molar-refractivity contribution in [3.8, 4) is 11.5 Å². The minimum absolute atomic E-state index is 0.145. The molecule has 2 N–H and O–H groups in total. The number of hydrogen-bond donors (Lipinski definition) is 2. The Balaban J connectivity index is 1.89. The molecule has 1 unspecified atom stereocenters. The fraction of sp³-hybridized carbons (Fsp3) is 0.364. The van der Waals surface area contributed by atoms with Crippen LogP contribution in [0.3, 0.4) is 0 Å². The molecule has 88 valence electrons. The lowest BCUT2D eigenvalue weighted by Crippen LogP contribution is -2.08. The van der Waals surface area contributed by atoms with E-state index in [1.165, 1.54) is 6.07 Å². The number of nitrogens with one attached hydrogen (secondary N) is 2. The highest BCUT2D eigenvalue weighted by molar-refractivity contribution is 5.50. The van der Waals surface area contributed by atoms with E-state index in [9.17, 15) is 4.79 Å². The summed E-state index contributed by atoms with van der Waals surface area (Å²) in [6, 6.07) is 3.11. The maximum Gasteiger partial charge on any atom is 0.259 e. The van der Waals surface area contributed by atoms with Crippen LogP contribution < -0.4 is 10.9 Å². The van der Waals surface area contributed by atoms with E-state index < -0.39 is 0 Å². The SMILES string of the molecule is O=c1ccc(-c2nc(C3CCNC3)no2)c[nH]1. The first-order chi connectivity index (χ1) is 8.33. The smallest absolute Gasteiger partial charge is 0.259 e. The van der Waals surface area contributed by atoms with Crippen LogP contribution in [0.15, 0.2) is 27.6 Å². The average molecular weight is 232 g/mol. The minimum Gasteiger partial charge on any atom is -0.334 e. The normalized spacial score (nSPS) is 19.6. The summed E-state index contributed by atoms with van der Waals surface area (Å²) in [5, 5.41) is 7.24. The lowest BCUT2D eigenvalue weighted by Gasteiger charge is -1.98. The van der Waals surface area contributed by atoms with E-state index in [0.717, 1.165) is 30.9 Å². The third-order valence-corrected chi connectivity index (χ3v) is 2.90. The van der Waals surface area contributed by atoms with Crippen molar-refractivity contribution in [1.29, 1.82) is 0 Å². The predicted octanol–water partition coefficient (Wildman–Crippen LogP) is 0.502. The van der Waals surface area contributed by atoms with E-state index in [-0.39, 0.29) is 5.56 Å². The van der Waals surface area contributed by atoms with Gasteiger partial charge in [-0.25, -0.2) is 0 Å². The molecule has 1 aliphatic heterocycles. The van der Waals surface area contributed by atoms with Gasteiger partial charge in [0, 0.05) is 24.7 Å². The minimum atomic E-state index is -0.145. The van der Waals surface area contributed by atoms with Gasteiger partial charge in [0.1, 0.15) is 0 Å². The number of rotatable bonds is 2. The van der Waals surface area contributed by atoms with Crippen molar-refractivity contribution in [1.82, 2.24) is 20.4 Å². The highest BCUT2D eigenvalue weighted by Gasteiger charge is 2.22. The Morgan fingerprint density at radius 3 is 3.06 bits per heavy atom. The Kier molecular flexibility index (Phi) is 2.49. The van der Waals surface area contributed by atoms with Crippen molar-refractivity contribution < 1.29 is 4.52 Å². The summed E-state index contributed by atoms with van der Waals surface area (Å²) in [5.74, 6) is 1.51. The zero-order chi connectivity index (χ0) is 11.7. The van der Waals surface area contributed by atoms with Crippen LogP contribution >= 0.6 is 0 Å². The molecule has 2 aromatic heterocycles. The van der Waals surface area contributed by atoms with E-state index in [2.05, 4.69) is 20.4 Å². The fourth-order valence-electron chi connectivity index (χ4n) is 1.94. The van der Waals surface area contributed by atoms with Gasteiger partial charge in [0.05, 0.1) is 5.56 Å². The van der Waals surface area contributed by atoms with Crippen LogP contribution in [0.1, 0.15) is 18.2 Å². The topological polar surface area (TPSA) is 83.8 Å². The van der Waals surface area contributed by atoms with Crippen LogP contribution in [-0.2, 0) is 0 Å². The molecule has 6 nitrogen and oxygen atoms in total. The maximum absolute atomic E-state index is 10.9. The molecule has 0 spiro atoms. The van der Waals surface area contributed by atoms with Crippen molar-refractivity contribution >= 4 is 0 Å². The first kappa shape index (κ1) is 10.2. The predicted molar refractivity (Wildman–Crippen MR) is 60.6 cm³/mol. The standard InChI is InChI=1S/C11H12N4O2/c16-9-2-1-8(6-13-9)11-14-10(15-17-11)7-3-4-12-5-7/h1-2,6-7,12H,3-5H2,(H,13,16). The second-order valence-electron chi connectivity index (χ2n) is 4.09. The lowest BCUT2D eigenvalue weighted by molar-refractivity contribution is 0.417. The zero-order valence-corrected chi connectivity index (χ0v) is 9.14. The first-order valence-electron chi connectivity index (χ1n) is 5.56. The molecular weight excluding hydrogens is 220 g/mol. The third kappa shape index (κ3) is 1.99. The fourth-order valence-corrected chi connectivity index (χ4v) is 1.94. The molecule has 0 aliphatic carbocycles. The van der Waals surface area contributed by atoms with Gasteiger partial charge in [0.15, 0.2) is 5.82 Å². The molecule has 1 fully saturated rings. The summed E-state index contributed by atoms with van der Waals surface area (Å²) < 4.78 is 5.19. The van der Waals surface area contributed by atoms with E-state index in [0.29, 0.717) is 11.8 Å². The number of aromatic nitrogens is 3. The summed E-state index contributed by atoms with van der Waals surface area (Å²) in [5.41, 5.74) is 0.586. The summed E-state index contributed by atoms with van der Waals surface area (Å²) in [7, 11) is 0. The van der Waals surface area contributed by atoms with Gasteiger partial charge in [0.2, 0.25) is 5.56 Å². The molecular formula is C11H12N4O2. The summed E-state index contributed by atoms with van der Waals surface area (Å²) in [6.45, 7) is 1.89. The molecule has 0 amide bonds. The van der Waals surface area contributed by atoms with Gasteiger partial charge in [-0.1, -0.05) is 5.16 Å². The quantitative estimate of drug-likeness (QED) is 0.787. The van der Waals surface area contributed by atoms with Gasteiger partial charge < -0.3 is 14.8 Å². The Morgan fingerprint density at radius 2 is 2.35 bits per heavy atom. The van der Waals surface area contributed by atoms with Crippen LogP contribution in [0.5, 0.6) is 0 Å². The molecule has 1 aliphatic rings. The van der Waals surface area contributed by atoms with Crippen molar-refractivity contribution in [2.45, 2.75) is 12.3 Å². The molecule has 17 heavy (non-hydrogen) atoms. The van der Waals surface area contributed by atoms with Gasteiger partial charge in [-0.05, 0) is 19.0 Å². The van der Waals surface area contributed by atoms with Gasteiger partial charge in [-0.3, -0.25) is 4.79 Å². The molecule has 0 saturated carbocycles. The van der Waals surface area contributed by atoms with Crippen LogP contribution in [0.4, 0.5) is 0 Å². The van der Waals surface area contributed by atoms with E-state index in [1.54, 1.807) is 12.3 Å². The molecule has 1 saturated heterocycles. The second kappa shape index (κ2) is 4.14. The third-order valence-electron chi connectivity index (χ3n) is 2.90. The van der Waals surface area contributed by atoms with Crippen LogP contribution in [0, 0.1) is 0 Å². The largest absolute Gasteiger partial charge is 0.334 e. The van der Waals surface area contributed by atoms with Crippen molar-refractivity contribution in [2.24, 2.45) is 0 Å². The van der Waals surface area contributed by atoms with Gasteiger partial charge in [-0.2, -0.15) is 4.98 Å². The molecule has 6 heteroatoms. The molecule has 0 aromatic carbocycles. The Hall–Kier alpha value is -1.95. The summed E-state index contributed by atoms with van der Waals surface area (Å²) in [6.07, 6.45) is 2.61. The summed E-state index contributed by atoms with van der Waals surface area (Å²) in [4.78, 5) is 17.9. The molecule has 1 atom stereocenters. The monoisotopic (exact) mass is 232 g/mol. The molecule has 0 radical (unpaired) electrons. The number of H-pyrrole nitrogens is 1. The van der Waals surface area contributed by atoms with E-state index in [1.807, 2.05) is 0 Å². The van der Waals surface area contributed by atoms with Gasteiger partial charge in [0.25, 0.3) is 5.89 Å². The lowest BCUT2D eigenvalue weighted by atomic mass is 10.1. The van der Waals surface area contributed by atoms with Gasteiger partial charge >= 0.3 is 0 Å². The Morgan fingerprint density at radius 1 is 1.41 bits per heavy atom. The van der Waals surface area contributed by atoms with Crippen molar-refractivity contribution in [2.75, 3.05) is 13.1 Å². The zero-order valence-electron chi connectivity index (χ0n) is 9.14. The highest BCUT2D eigenvalue weighted by atomic mass is 16.5. The van der Waals surface area contributed by atoms with Crippen molar-refractivity contribution in [3.05, 3.63) is 34.5 Å². The number of hydrogen-bond acceptors (Lipinski definition) is 5.